The number of benzene rings is 2. The van der Waals surface area contributed by atoms with E-state index >= 15 is 0 Å². The minimum atomic E-state index is -0.277. The van der Waals surface area contributed by atoms with Gasteiger partial charge < -0.3 is 5.32 Å². The monoisotopic (exact) mass is 377 g/mol. The molecular formula is C22H23N3OS. The quantitative estimate of drug-likeness (QED) is 0.505. The lowest BCUT2D eigenvalue weighted by atomic mass is 10.1. The maximum Gasteiger partial charge on any atom is 0.233 e. The SMILES string of the molecule is Cc1ccc(CNC(=O)[C@H](C)Sc2nc(C)cc(-c3ccccc3)n2)cc1. The molecule has 138 valence electrons. The molecule has 0 aliphatic carbocycles. The molecule has 5 heteroatoms. The number of amides is 1. The van der Waals surface area contributed by atoms with E-state index in [-0.39, 0.29) is 11.2 Å². The molecule has 0 bridgehead atoms. The maximum absolute atomic E-state index is 12.4. The Bertz CT molecular complexity index is 911. The minimum Gasteiger partial charge on any atom is -0.351 e. The van der Waals surface area contributed by atoms with Crippen LogP contribution in [0.5, 0.6) is 0 Å². The zero-order valence-electron chi connectivity index (χ0n) is 15.8. The maximum atomic E-state index is 12.4. The second-order valence-electron chi connectivity index (χ2n) is 6.51. The highest BCUT2D eigenvalue weighted by atomic mass is 32.2. The lowest BCUT2D eigenvalue weighted by Gasteiger charge is -2.12. The summed E-state index contributed by atoms with van der Waals surface area (Å²) in [7, 11) is 0. The number of hydrogen-bond acceptors (Lipinski definition) is 4. The number of carbonyl (C=O) groups is 1. The van der Waals surface area contributed by atoms with Gasteiger partial charge in [-0.1, -0.05) is 71.9 Å². The highest BCUT2D eigenvalue weighted by Gasteiger charge is 2.16. The molecule has 1 N–H and O–H groups in total. The van der Waals surface area contributed by atoms with Crippen LogP contribution in [0.15, 0.2) is 65.8 Å². The zero-order valence-corrected chi connectivity index (χ0v) is 16.6. The van der Waals surface area contributed by atoms with E-state index in [9.17, 15) is 4.79 Å². The van der Waals surface area contributed by atoms with E-state index in [0.29, 0.717) is 11.7 Å². The number of aromatic nitrogens is 2. The molecule has 1 amide bonds. The molecule has 0 fully saturated rings. The predicted octanol–water partition coefficient (Wildman–Crippen LogP) is 4.56. The van der Waals surface area contributed by atoms with Crippen LogP contribution >= 0.6 is 11.8 Å². The van der Waals surface area contributed by atoms with Crippen molar-refractivity contribution in [2.75, 3.05) is 0 Å². The average molecular weight is 378 g/mol. The van der Waals surface area contributed by atoms with Gasteiger partial charge in [0.2, 0.25) is 5.91 Å². The Balaban J connectivity index is 1.64. The van der Waals surface area contributed by atoms with Crippen LogP contribution < -0.4 is 5.32 Å². The van der Waals surface area contributed by atoms with Crippen LogP contribution in [0.4, 0.5) is 0 Å². The van der Waals surface area contributed by atoms with Crippen molar-refractivity contribution in [2.24, 2.45) is 0 Å². The fourth-order valence-electron chi connectivity index (χ4n) is 2.60. The molecule has 0 aliphatic heterocycles. The molecule has 3 rings (SSSR count). The van der Waals surface area contributed by atoms with E-state index in [0.717, 1.165) is 22.5 Å². The van der Waals surface area contributed by atoms with Gasteiger partial charge in [-0.2, -0.15) is 0 Å². The summed E-state index contributed by atoms with van der Waals surface area (Å²) in [6.45, 7) is 6.39. The lowest BCUT2D eigenvalue weighted by Crippen LogP contribution is -2.30. The summed E-state index contributed by atoms with van der Waals surface area (Å²) in [6.07, 6.45) is 0. The van der Waals surface area contributed by atoms with Crippen LogP contribution in [0.25, 0.3) is 11.3 Å². The molecule has 2 aromatic carbocycles. The summed E-state index contributed by atoms with van der Waals surface area (Å²) in [5.74, 6) is -0.0213. The first-order chi connectivity index (χ1) is 13.0. The molecule has 0 spiro atoms. The van der Waals surface area contributed by atoms with E-state index in [1.54, 1.807) is 0 Å². The van der Waals surface area contributed by atoms with Crippen molar-refractivity contribution in [3.8, 4) is 11.3 Å². The Morgan fingerprint density at radius 2 is 1.74 bits per heavy atom. The Labute approximate surface area is 164 Å². The van der Waals surface area contributed by atoms with Crippen molar-refractivity contribution < 1.29 is 4.79 Å². The third kappa shape index (κ3) is 5.41. The van der Waals surface area contributed by atoms with Crippen molar-refractivity contribution in [3.63, 3.8) is 0 Å². The van der Waals surface area contributed by atoms with Gasteiger partial charge in [0.15, 0.2) is 5.16 Å². The molecule has 0 aliphatic rings. The normalized spacial score (nSPS) is 11.8. The molecule has 0 saturated carbocycles. The number of thioether (sulfide) groups is 1. The fraction of sp³-hybridized carbons (Fsp3) is 0.227. The van der Waals surface area contributed by atoms with Gasteiger partial charge in [0.1, 0.15) is 0 Å². The minimum absolute atomic E-state index is 0.0213. The first-order valence-electron chi connectivity index (χ1n) is 8.92. The standard InChI is InChI=1S/C22H23N3OS/c1-15-9-11-18(12-10-15)14-23-21(26)17(3)27-22-24-16(2)13-20(25-22)19-7-5-4-6-8-19/h4-13,17H,14H2,1-3H3,(H,23,26)/t17-/m0/s1. The summed E-state index contributed by atoms with van der Waals surface area (Å²) in [5.41, 5.74) is 5.10. The molecule has 0 unspecified atom stereocenters. The van der Waals surface area contributed by atoms with Crippen molar-refractivity contribution in [2.45, 2.75) is 37.7 Å². The van der Waals surface area contributed by atoms with Gasteiger partial charge in [0, 0.05) is 17.8 Å². The smallest absolute Gasteiger partial charge is 0.233 e. The summed E-state index contributed by atoms with van der Waals surface area (Å²) in [4.78, 5) is 21.5. The Morgan fingerprint density at radius 1 is 1.04 bits per heavy atom. The summed E-state index contributed by atoms with van der Waals surface area (Å²) < 4.78 is 0. The largest absolute Gasteiger partial charge is 0.351 e. The number of carbonyl (C=O) groups excluding carboxylic acids is 1. The third-order valence-corrected chi connectivity index (χ3v) is 5.10. The van der Waals surface area contributed by atoms with E-state index in [1.807, 2.05) is 81.4 Å². The van der Waals surface area contributed by atoms with E-state index in [4.69, 9.17) is 0 Å². The highest BCUT2D eigenvalue weighted by Crippen LogP contribution is 2.24. The molecule has 0 saturated heterocycles. The van der Waals surface area contributed by atoms with Gasteiger partial charge >= 0.3 is 0 Å². The van der Waals surface area contributed by atoms with E-state index in [1.165, 1.54) is 17.3 Å². The van der Waals surface area contributed by atoms with Crippen LogP contribution in [0.2, 0.25) is 0 Å². The third-order valence-electron chi connectivity index (χ3n) is 4.14. The first kappa shape index (κ1) is 19.1. The Morgan fingerprint density at radius 3 is 2.44 bits per heavy atom. The summed E-state index contributed by atoms with van der Waals surface area (Å²) >= 11 is 1.38. The van der Waals surface area contributed by atoms with Crippen LogP contribution in [0.1, 0.15) is 23.7 Å². The Hall–Kier alpha value is -2.66. The molecule has 1 aromatic heterocycles. The Kier molecular flexibility index (Phi) is 6.24. The van der Waals surface area contributed by atoms with Crippen LogP contribution in [-0.4, -0.2) is 21.1 Å². The molecule has 1 atom stereocenters. The van der Waals surface area contributed by atoms with Gasteiger partial charge in [0.05, 0.1) is 10.9 Å². The summed E-state index contributed by atoms with van der Waals surface area (Å²) in [5, 5.41) is 3.32. The van der Waals surface area contributed by atoms with Gasteiger partial charge in [-0.3, -0.25) is 4.79 Å². The number of nitrogens with one attached hydrogen (secondary N) is 1. The number of hydrogen-bond donors (Lipinski definition) is 1. The van der Waals surface area contributed by atoms with Crippen molar-refractivity contribution >= 4 is 17.7 Å². The molecule has 1 heterocycles. The van der Waals surface area contributed by atoms with Gasteiger partial charge in [-0.05, 0) is 32.4 Å². The highest BCUT2D eigenvalue weighted by molar-refractivity contribution is 8.00. The zero-order chi connectivity index (χ0) is 19.2. The molecule has 3 aromatic rings. The topological polar surface area (TPSA) is 54.9 Å². The van der Waals surface area contributed by atoms with Gasteiger partial charge in [-0.25, -0.2) is 9.97 Å². The number of aryl methyl sites for hydroxylation is 2. The predicted molar refractivity (Wildman–Crippen MR) is 111 cm³/mol. The molecule has 27 heavy (non-hydrogen) atoms. The van der Waals surface area contributed by atoms with Gasteiger partial charge in [0.25, 0.3) is 0 Å². The fourth-order valence-corrected chi connectivity index (χ4v) is 3.46. The van der Waals surface area contributed by atoms with E-state index in [2.05, 4.69) is 15.3 Å². The van der Waals surface area contributed by atoms with Crippen molar-refractivity contribution in [1.82, 2.24) is 15.3 Å². The number of rotatable bonds is 6. The second kappa shape index (κ2) is 8.82. The molecule has 0 radical (unpaired) electrons. The van der Waals surface area contributed by atoms with Crippen molar-refractivity contribution in [3.05, 3.63) is 77.5 Å². The molecule has 4 nitrogen and oxygen atoms in total. The average Bonchev–Trinajstić information content (AvgIpc) is 2.67. The van der Waals surface area contributed by atoms with Crippen LogP contribution in [0, 0.1) is 13.8 Å². The van der Waals surface area contributed by atoms with Crippen LogP contribution in [0.3, 0.4) is 0 Å². The van der Waals surface area contributed by atoms with Gasteiger partial charge in [-0.15, -0.1) is 0 Å². The van der Waals surface area contributed by atoms with E-state index < -0.39 is 0 Å². The number of nitrogens with zero attached hydrogens (tertiary/aromatic N) is 2. The summed E-state index contributed by atoms with van der Waals surface area (Å²) in [6, 6.07) is 20.1. The lowest BCUT2D eigenvalue weighted by molar-refractivity contribution is -0.120. The first-order valence-corrected chi connectivity index (χ1v) is 9.80. The van der Waals surface area contributed by atoms with Crippen molar-refractivity contribution in [1.29, 1.82) is 0 Å². The van der Waals surface area contributed by atoms with Crippen LogP contribution in [-0.2, 0) is 11.3 Å². The second-order valence-corrected chi connectivity index (χ2v) is 7.81. The molecular weight excluding hydrogens is 354 g/mol.